The van der Waals surface area contributed by atoms with Gasteiger partial charge in [-0.25, -0.2) is 9.79 Å². The molecule has 1 aliphatic heterocycles. The third kappa shape index (κ3) is 4.86. The van der Waals surface area contributed by atoms with Crippen LogP contribution in [0, 0.1) is 6.92 Å². The highest BCUT2D eigenvalue weighted by molar-refractivity contribution is 7.07. The monoisotopic (exact) mass is 506 g/mol. The number of carbonyl (C=O) groups excluding carboxylic acids is 1. The van der Waals surface area contributed by atoms with Gasteiger partial charge in [0.1, 0.15) is 0 Å². The molecule has 0 aliphatic carbocycles. The number of aryl methyl sites for hydroxylation is 1. The number of methoxy groups -OCH3 is 1. The van der Waals surface area contributed by atoms with E-state index in [4.69, 9.17) is 14.2 Å². The van der Waals surface area contributed by atoms with Gasteiger partial charge in [-0.3, -0.25) is 9.36 Å². The lowest BCUT2D eigenvalue weighted by molar-refractivity contribution is -0.139. The zero-order chi connectivity index (χ0) is 26.0. The van der Waals surface area contributed by atoms with Crippen molar-refractivity contribution in [2.24, 2.45) is 4.99 Å². The largest absolute Gasteiger partial charge is 0.493 e. The zero-order valence-corrected chi connectivity index (χ0v) is 22.1. The van der Waals surface area contributed by atoms with Gasteiger partial charge in [0.25, 0.3) is 5.56 Å². The van der Waals surface area contributed by atoms with Crippen molar-refractivity contribution in [3.05, 3.63) is 90.1 Å². The van der Waals surface area contributed by atoms with Crippen LogP contribution in [-0.4, -0.2) is 30.4 Å². The van der Waals surface area contributed by atoms with Crippen molar-refractivity contribution >= 4 is 23.4 Å². The predicted molar refractivity (Wildman–Crippen MR) is 140 cm³/mol. The Kier molecular flexibility index (Phi) is 7.45. The summed E-state index contributed by atoms with van der Waals surface area (Å²) in [5, 5.41) is 0. The Morgan fingerprint density at radius 2 is 1.92 bits per heavy atom. The van der Waals surface area contributed by atoms with Gasteiger partial charge in [0.15, 0.2) is 16.3 Å². The van der Waals surface area contributed by atoms with Crippen LogP contribution in [0.25, 0.3) is 6.08 Å². The maximum atomic E-state index is 13.8. The molecule has 0 saturated heterocycles. The molecule has 0 saturated carbocycles. The molecule has 1 aromatic heterocycles. The van der Waals surface area contributed by atoms with Crippen LogP contribution in [-0.2, 0) is 9.53 Å². The molecule has 7 nitrogen and oxygen atoms in total. The number of benzene rings is 2. The Balaban J connectivity index is 1.96. The minimum atomic E-state index is -0.721. The third-order valence-electron chi connectivity index (χ3n) is 5.86. The van der Waals surface area contributed by atoms with E-state index in [1.807, 2.05) is 57.2 Å². The van der Waals surface area contributed by atoms with E-state index >= 15 is 0 Å². The van der Waals surface area contributed by atoms with Gasteiger partial charge in [-0.15, -0.1) is 0 Å². The van der Waals surface area contributed by atoms with Gasteiger partial charge in [0, 0.05) is 0 Å². The van der Waals surface area contributed by atoms with Crippen LogP contribution in [0.2, 0.25) is 0 Å². The predicted octanol–water partition coefficient (Wildman–Crippen LogP) is 3.90. The minimum Gasteiger partial charge on any atom is -0.493 e. The van der Waals surface area contributed by atoms with Crippen LogP contribution < -0.4 is 24.4 Å². The fourth-order valence-electron chi connectivity index (χ4n) is 4.20. The molecule has 8 heteroatoms. The number of rotatable bonds is 7. The standard InChI is InChI=1S/C28H30N2O5S/c1-7-34-27(32)24-18(5)29-28-30(26(31)23(36-28)15-19-11-9-8-10-17(19)4)25(24)20-12-13-21(35-16(2)3)22(14-20)33-6/h8-16,25H,7H2,1-6H3/b23-15-/t25-/m0/s1. The van der Waals surface area contributed by atoms with Crippen LogP contribution >= 0.6 is 11.3 Å². The number of hydrogen-bond donors (Lipinski definition) is 0. The first-order valence-electron chi connectivity index (χ1n) is 11.8. The van der Waals surface area contributed by atoms with Crippen LogP contribution in [0.3, 0.4) is 0 Å². The van der Waals surface area contributed by atoms with Gasteiger partial charge in [0.05, 0.1) is 41.7 Å². The number of allylic oxidation sites excluding steroid dienone is 1. The summed E-state index contributed by atoms with van der Waals surface area (Å²) in [5.41, 5.74) is 3.34. The fourth-order valence-corrected chi connectivity index (χ4v) is 5.24. The molecule has 1 aliphatic rings. The lowest BCUT2D eigenvalue weighted by Crippen LogP contribution is -2.40. The van der Waals surface area contributed by atoms with Gasteiger partial charge in [-0.05, 0) is 69.5 Å². The highest BCUT2D eigenvalue weighted by Gasteiger charge is 2.34. The number of hydrogen-bond acceptors (Lipinski definition) is 7. The number of nitrogens with zero attached hydrogens (tertiary/aromatic N) is 2. The number of fused-ring (bicyclic) bond motifs is 1. The van der Waals surface area contributed by atoms with Gasteiger partial charge >= 0.3 is 5.97 Å². The van der Waals surface area contributed by atoms with E-state index in [2.05, 4.69) is 4.99 Å². The molecule has 0 radical (unpaired) electrons. The highest BCUT2D eigenvalue weighted by Crippen LogP contribution is 2.36. The van der Waals surface area contributed by atoms with E-state index in [0.717, 1.165) is 11.1 Å². The fraction of sp³-hybridized carbons (Fsp3) is 0.321. The lowest BCUT2D eigenvalue weighted by atomic mass is 9.95. The maximum absolute atomic E-state index is 13.8. The second kappa shape index (κ2) is 10.5. The van der Waals surface area contributed by atoms with E-state index in [0.29, 0.717) is 37.7 Å². The Morgan fingerprint density at radius 1 is 1.17 bits per heavy atom. The Hall–Kier alpha value is -3.65. The number of ether oxygens (including phenoxy) is 3. The summed E-state index contributed by atoms with van der Waals surface area (Å²) in [7, 11) is 1.56. The first kappa shape index (κ1) is 25.4. The lowest BCUT2D eigenvalue weighted by Gasteiger charge is -2.25. The van der Waals surface area contributed by atoms with E-state index in [9.17, 15) is 9.59 Å². The van der Waals surface area contributed by atoms with Gasteiger partial charge in [-0.2, -0.15) is 0 Å². The molecule has 0 fully saturated rings. The van der Waals surface area contributed by atoms with E-state index in [1.54, 1.807) is 37.7 Å². The Morgan fingerprint density at radius 3 is 2.58 bits per heavy atom. The summed E-state index contributed by atoms with van der Waals surface area (Å²) >= 11 is 1.30. The van der Waals surface area contributed by atoms with Crippen molar-refractivity contribution in [3.63, 3.8) is 0 Å². The second-order valence-electron chi connectivity index (χ2n) is 8.74. The maximum Gasteiger partial charge on any atom is 0.338 e. The molecule has 0 N–H and O–H groups in total. The summed E-state index contributed by atoms with van der Waals surface area (Å²) in [6.07, 6.45) is 1.83. The van der Waals surface area contributed by atoms with Crippen molar-refractivity contribution in [3.8, 4) is 11.5 Å². The van der Waals surface area contributed by atoms with Crippen LogP contribution in [0.15, 0.2) is 63.5 Å². The van der Waals surface area contributed by atoms with Gasteiger partial charge < -0.3 is 14.2 Å². The minimum absolute atomic E-state index is 0.0406. The normalized spacial score (nSPS) is 15.5. The van der Waals surface area contributed by atoms with Gasteiger partial charge in [0.2, 0.25) is 0 Å². The SMILES string of the molecule is CCOC(=O)C1=C(C)N=c2s/c(=C\c3ccccc3C)c(=O)n2[C@H]1c1ccc(OC(C)C)c(OC)c1. The van der Waals surface area contributed by atoms with Crippen LogP contribution in [0.5, 0.6) is 11.5 Å². The molecule has 2 heterocycles. The van der Waals surface area contributed by atoms with Crippen LogP contribution in [0.4, 0.5) is 0 Å². The molecule has 0 spiro atoms. The van der Waals surface area contributed by atoms with Gasteiger partial charge in [-0.1, -0.05) is 41.7 Å². The number of thiazole rings is 1. The van der Waals surface area contributed by atoms with E-state index < -0.39 is 12.0 Å². The summed E-state index contributed by atoms with van der Waals surface area (Å²) < 4.78 is 19.0. The van der Waals surface area contributed by atoms with Crippen molar-refractivity contribution in [1.29, 1.82) is 0 Å². The summed E-state index contributed by atoms with van der Waals surface area (Å²) in [5.74, 6) is 0.598. The third-order valence-corrected chi connectivity index (χ3v) is 6.84. The van der Waals surface area contributed by atoms with Crippen molar-refractivity contribution < 1.29 is 19.0 Å². The highest BCUT2D eigenvalue weighted by atomic mass is 32.1. The molecule has 36 heavy (non-hydrogen) atoms. The average Bonchev–Trinajstić information content (AvgIpc) is 3.14. The van der Waals surface area contributed by atoms with E-state index in [1.165, 1.54) is 11.3 Å². The van der Waals surface area contributed by atoms with Crippen molar-refractivity contribution in [1.82, 2.24) is 4.57 Å². The number of aromatic nitrogens is 1. The molecular formula is C28H30N2O5S. The average molecular weight is 507 g/mol. The van der Waals surface area contributed by atoms with E-state index in [-0.39, 0.29) is 18.3 Å². The summed E-state index contributed by atoms with van der Waals surface area (Å²) in [6, 6.07) is 12.6. The molecule has 3 aromatic rings. The molecular weight excluding hydrogens is 476 g/mol. The quantitative estimate of drug-likeness (QED) is 0.454. The number of carbonyl (C=O) groups is 1. The zero-order valence-electron chi connectivity index (χ0n) is 21.3. The summed E-state index contributed by atoms with van der Waals surface area (Å²) in [6.45, 7) is 9.61. The second-order valence-corrected chi connectivity index (χ2v) is 9.74. The van der Waals surface area contributed by atoms with Crippen molar-refractivity contribution in [2.45, 2.75) is 46.8 Å². The number of esters is 1. The molecule has 0 unspecified atom stereocenters. The Labute approximate surface area is 214 Å². The molecule has 188 valence electrons. The molecule has 2 aromatic carbocycles. The smallest absolute Gasteiger partial charge is 0.338 e. The first-order valence-corrected chi connectivity index (χ1v) is 12.7. The molecule has 4 rings (SSSR count). The molecule has 0 amide bonds. The first-order chi connectivity index (χ1) is 17.2. The molecule has 0 bridgehead atoms. The topological polar surface area (TPSA) is 79.1 Å². The van der Waals surface area contributed by atoms with Crippen LogP contribution in [0.1, 0.15) is 50.4 Å². The summed E-state index contributed by atoms with van der Waals surface area (Å²) in [4.78, 5) is 32.0. The molecule has 1 atom stereocenters. The van der Waals surface area contributed by atoms with Crippen molar-refractivity contribution in [2.75, 3.05) is 13.7 Å². The Bertz CT molecular complexity index is 1510.